The van der Waals surface area contributed by atoms with Gasteiger partial charge in [-0.25, -0.2) is 0 Å². The summed E-state index contributed by atoms with van der Waals surface area (Å²) in [6, 6.07) is 8.71. The fourth-order valence-corrected chi connectivity index (χ4v) is 2.84. The second kappa shape index (κ2) is 7.51. The van der Waals surface area contributed by atoms with Gasteiger partial charge >= 0.3 is 0 Å². The lowest BCUT2D eigenvalue weighted by atomic mass is 10.0. The van der Waals surface area contributed by atoms with Crippen molar-refractivity contribution in [2.75, 3.05) is 26.8 Å². The summed E-state index contributed by atoms with van der Waals surface area (Å²) >= 11 is 0. The number of nitrogens with zero attached hydrogens (tertiary/aromatic N) is 1. The molecule has 3 nitrogen and oxygen atoms in total. The van der Waals surface area contributed by atoms with Gasteiger partial charge in [-0.3, -0.25) is 4.90 Å². The molecular weight excluding hydrogens is 238 g/mol. The highest BCUT2D eigenvalue weighted by molar-refractivity contribution is 5.27. The molecule has 1 saturated heterocycles. The number of hydrogen-bond donors (Lipinski definition) is 1. The highest BCUT2D eigenvalue weighted by Gasteiger charge is 2.20. The molecule has 0 unspecified atom stereocenters. The fourth-order valence-electron chi connectivity index (χ4n) is 2.84. The number of ether oxygens (including phenoxy) is 1. The lowest BCUT2D eigenvalue weighted by Crippen LogP contribution is -2.42. The zero-order chi connectivity index (χ0) is 13.5. The van der Waals surface area contributed by atoms with Gasteiger partial charge in [0.15, 0.2) is 0 Å². The Kier molecular flexibility index (Phi) is 5.67. The second-order valence-corrected chi connectivity index (χ2v) is 5.32. The van der Waals surface area contributed by atoms with Crippen LogP contribution in [0.25, 0.3) is 0 Å². The van der Waals surface area contributed by atoms with Crippen LogP contribution in [0.3, 0.4) is 0 Å². The maximum Gasteiger partial charge on any atom is 0.118 e. The normalized spacial score (nSPS) is 20.4. The van der Waals surface area contributed by atoms with Crippen LogP contribution in [0.5, 0.6) is 5.75 Å². The van der Waals surface area contributed by atoms with Crippen LogP contribution in [0, 0.1) is 0 Å². The van der Waals surface area contributed by atoms with Crippen molar-refractivity contribution in [1.82, 2.24) is 4.90 Å². The molecule has 0 bridgehead atoms. The van der Waals surface area contributed by atoms with E-state index >= 15 is 0 Å². The molecule has 1 aromatic rings. The summed E-state index contributed by atoms with van der Waals surface area (Å²) in [6.45, 7) is 2.55. The quantitative estimate of drug-likeness (QED) is 0.856. The van der Waals surface area contributed by atoms with Crippen LogP contribution in [-0.2, 0) is 6.42 Å². The molecule has 1 heterocycles. The van der Waals surface area contributed by atoms with Crippen LogP contribution < -0.4 is 4.74 Å². The van der Waals surface area contributed by atoms with Crippen molar-refractivity contribution in [2.45, 2.75) is 38.1 Å². The van der Waals surface area contributed by atoms with Crippen LogP contribution >= 0.6 is 0 Å². The van der Waals surface area contributed by atoms with Crippen molar-refractivity contribution in [3.8, 4) is 5.75 Å². The van der Waals surface area contributed by atoms with Gasteiger partial charge in [0.1, 0.15) is 5.75 Å². The molecule has 0 radical (unpaired) electrons. The molecule has 0 aromatic heterocycles. The van der Waals surface area contributed by atoms with Gasteiger partial charge in [0.2, 0.25) is 0 Å². The highest BCUT2D eigenvalue weighted by atomic mass is 16.5. The highest BCUT2D eigenvalue weighted by Crippen LogP contribution is 2.18. The van der Waals surface area contributed by atoms with Gasteiger partial charge in [-0.2, -0.15) is 0 Å². The number of benzene rings is 1. The SMILES string of the molecule is COc1ccc(CCCN2CCCC[C@@H]2CO)cc1. The molecule has 2 rings (SSSR count). The Labute approximate surface area is 116 Å². The monoisotopic (exact) mass is 263 g/mol. The summed E-state index contributed by atoms with van der Waals surface area (Å²) in [5.74, 6) is 0.917. The van der Waals surface area contributed by atoms with E-state index in [-0.39, 0.29) is 0 Å². The molecule has 0 spiro atoms. The molecule has 0 amide bonds. The number of rotatable bonds is 6. The van der Waals surface area contributed by atoms with Crippen LogP contribution in [0.2, 0.25) is 0 Å². The molecule has 3 heteroatoms. The predicted octanol–water partition coefficient (Wildman–Crippen LogP) is 2.47. The van der Waals surface area contributed by atoms with E-state index in [1.165, 1.54) is 18.4 Å². The predicted molar refractivity (Wildman–Crippen MR) is 77.6 cm³/mol. The molecule has 1 N–H and O–H groups in total. The van der Waals surface area contributed by atoms with Gasteiger partial charge in [-0.15, -0.1) is 0 Å². The minimum Gasteiger partial charge on any atom is -0.497 e. The summed E-state index contributed by atoms with van der Waals surface area (Å²) < 4.78 is 5.16. The van der Waals surface area contributed by atoms with Gasteiger partial charge in [-0.1, -0.05) is 18.6 Å². The van der Waals surface area contributed by atoms with E-state index in [1.807, 2.05) is 12.1 Å². The fraction of sp³-hybridized carbons (Fsp3) is 0.625. The Morgan fingerprint density at radius 1 is 1.26 bits per heavy atom. The van der Waals surface area contributed by atoms with E-state index in [4.69, 9.17) is 4.74 Å². The van der Waals surface area contributed by atoms with E-state index in [1.54, 1.807) is 7.11 Å². The topological polar surface area (TPSA) is 32.7 Å². The van der Waals surface area contributed by atoms with E-state index in [2.05, 4.69) is 17.0 Å². The smallest absolute Gasteiger partial charge is 0.118 e. The van der Waals surface area contributed by atoms with Crippen molar-refractivity contribution in [3.05, 3.63) is 29.8 Å². The molecule has 1 fully saturated rings. The van der Waals surface area contributed by atoms with Gasteiger partial charge in [-0.05, 0) is 56.5 Å². The minimum absolute atomic E-state index is 0.308. The summed E-state index contributed by atoms with van der Waals surface area (Å²) in [6.07, 6.45) is 5.94. The number of aliphatic hydroxyl groups excluding tert-OH is 1. The van der Waals surface area contributed by atoms with Crippen molar-refractivity contribution in [2.24, 2.45) is 0 Å². The lowest BCUT2D eigenvalue weighted by Gasteiger charge is -2.34. The molecule has 106 valence electrons. The zero-order valence-corrected chi connectivity index (χ0v) is 11.8. The molecule has 1 aliphatic heterocycles. The van der Waals surface area contributed by atoms with Crippen molar-refractivity contribution >= 4 is 0 Å². The molecule has 0 saturated carbocycles. The lowest BCUT2D eigenvalue weighted by molar-refractivity contribution is 0.0893. The van der Waals surface area contributed by atoms with E-state index in [9.17, 15) is 5.11 Å². The first kappa shape index (κ1) is 14.4. The van der Waals surface area contributed by atoms with Crippen LogP contribution in [0.4, 0.5) is 0 Å². The number of methoxy groups -OCH3 is 1. The van der Waals surface area contributed by atoms with Crippen molar-refractivity contribution < 1.29 is 9.84 Å². The first-order chi connectivity index (χ1) is 9.33. The third kappa shape index (κ3) is 4.22. The Morgan fingerprint density at radius 3 is 2.74 bits per heavy atom. The first-order valence-electron chi connectivity index (χ1n) is 7.31. The molecule has 1 aromatic carbocycles. The van der Waals surface area contributed by atoms with Crippen LogP contribution in [0.15, 0.2) is 24.3 Å². The van der Waals surface area contributed by atoms with Crippen LogP contribution in [0.1, 0.15) is 31.2 Å². The van der Waals surface area contributed by atoms with Crippen LogP contribution in [-0.4, -0.2) is 42.9 Å². The third-order valence-corrected chi connectivity index (χ3v) is 4.03. The van der Waals surface area contributed by atoms with Gasteiger partial charge in [0.25, 0.3) is 0 Å². The standard InChI is InChI=1S/C16H25NO2/c1-19-16-9-7-14(8-10-16)5-4-12-17-11-3-2-6-15(17)13-18/h7-10,15,18H,2-6,11-13H2,1H3/t15-/m1/s1. The van der Waals surface area contributed by atoms with E-state index in [0.717, 1.165) is 38.1 Å². The van der Waals surface area contributed by atoms with Crippen molar-refractivity contribution in [1.29, 1.82) is 0 Å². The summed E-state index contributed by atoms with van der Waals surface area (Å²) in [5.41, 5.74) is 1.36. The largest absolute Gasteiger partial charge is 0.497 e. The number of likely N-dealkylation sites (tertiary alicyclic amines) is 1. The average Bonchev–Trinajstić information content (AvgIpc) is 2.48. The molecule has 19 heavy (non-hydrogen) atoms. The maximum absolute atomic E-state index is 9.38. The molecule has 1 aliphatic rings. The van der Waals surface area contributed by atoms with Crippen molar-refractivity contribution in [3.63, 3.8) is 0 Å². The average molecular weight is 263 g/mol. The number of aryl methyl sites for hydroxylation is 1. The summed E-state index contributed by atoms with van der Waals surface area (Å²) in [7, 11) is 1.69. The molecular formula is C16H25NO2. The van der Waals surface area contributed by atoms with Gasteiger partial charge < -0.3 is 9.84 Å². The van der Waals surface area contributed by atoms with E-state index < -0.39 is 0 Å². The Bertz CT molecular complexity index is 364. The minimum atomic E-state index is 0.308. The number of aliphatic hydroxyl groups is 1. The first-order valence-corrected chi connectivity index (χ1v) is 7.31. The summed E-state index contributed by atoms with van der Waals surface area (Å²) in [5, 5.41) is 9.38. The Balaban J connectivity index is 1.75. The Morgan fingerprint density at radius 2 is 2.05 bits per heavy atom. The zero-order valence-electron chi connectivity index (χ0n) is 11.8. The third-order valence-electron chi connectivity index (χ3n) is 4.03. The second-order valence-electron chi connectivity index (χ2n) is 5.32. The summed E-state index contributed by atoms with van der Waals surface area (Å²) in [4.78, 5) is 2.45. The van der Waals surface area contributed by atoms with E-state index in [0.29, 0.717) is 12.6 Å². The number of piperidine rings is 1. The molecule has 0 aliphatic carbocycles. The maximum atomic E-state index is 9.38. The van der Waals surface area contributed by atoms with Gasteiger partial charge in [0, 0.05) is 6.04 Å². The Hall–Kier alpha value is -1.06. The molecule has 1 atom stereocenters. The number of hydrogen-bond acceptors (Lipinski definition) is 3. The van der Waals surface area contributed by atoms with Gasteiger partial charge in [0.05, 0.1) is 13.7 Å².